The van der Waals surface area contributed by atoms with Crippen LogP contribution in [0.3, 0.4) is 0 Å². The average molecular weight is 283 g/mol. The first kappa shape index (κ1) is 13.4. The third-order valence-electron chi connectivity index (χ3n) is 2.48. The lowest BCUT2D eigenvalue weighted by Gasteiger charge is -2.18. The van der Waals surface area contributed by atoms with Crippen molar-refractivity contribution in [1.29, 1.82) is 0 Å². The summed E-state index contributed by atoms with van der Waals surface area (Å²) in [6.07, 6.45) is 5.47. The van der Waals surface area contributed by atoms with E-state index in [-0.39, 0.29) is 11.3 Å². The Morgan fingerprint density at radius 1 is 1.39 bits per heavy atom. The Balaban J connectivity index is 2.19. The molecule has 0 radical (unpaired) electrons. The Labute approximate surface area is 116 Å². The maximum Gasteiger partial charge on any atom is 0.0967 e. The second-order valence-corrected chi connectivity index (χ2v) is 5.76. The molecule has 0 bridgehead atoms. The molecule has 2 rings (SSSR count). The molecule has 2 aromatic heterocycles. The van der Waals surface area contributed by atoms with E-state index >= 15 is 0 Å². The van der Waals surface area contributed by atoms with Crippen LogP contribution in [0, 0.1) is 0 Å². The number of aryl methyl sites for hydroxylation is 1. The molecule has 2 aromatic rings. The lowest BCUT2D eigenvalue weighted by molar-refractivity contribution is 0.717. The number of rotatable bonds is 4. The van der Waals surface area contributed by atoms with Crippen molar-refractivity contribution in [3.05, 3.63) is 41.3 Å². The Kier molecular flexibility index (Phi) is 4.27. The van der Waals surface area contributed by atoms with Gasteiger partial charge in [0.05, 0.1) is 21.5 Å². The van der Waals surface area contributed by atoms with Gasteiger partial charge in [0.1, 0.15) is 0 Å². The number of nitrogens with zero attached hydrogens (tertiary/aromatic N) is 3. The Hall–Kier alpha value is -1.04. The molecule has 0 aliphatic rings. The van der Waals surface area contributed by atoms with Crippen molar-refractivity contribution < 1.29 is 0 Å². The van der Waals surface area contributed by atoms with Crippen LogP contribution in [-0.2, 0) is 7.05 Å². The molecular weight excluding hydrogens is 268 g/mol. The van der Waals surface area contributed by atoms with Crippen molar-refractivity contribution in [2.75, 3.05) is 0 Å². The first-order valence-corrected chi connectivity index (χ1v) is 6.84. The van der Waals surface area contributed by atoms with Gasteiger partial charge in [0, 0.05) is 31.0 Å². The van der Waals surface area contributed by atoms with Crippen LogP contribution in [0.5, 0.6) is 0 Å². The van der Waals surface area contributed by atoms with Crippen molar-refractivity contribution >= 4 is 23.4 Å². The molecule has 4 nitrogen and oxygen atoms in total. The first-order valence-electron chi connectivity index (χ1n) is 5.58. The van der Waals surface area contributed by atoms with E-state index in [2.05, 4.69) is 10.1 Å². The smallest absolute Gasteiger partial charge is 0.0967 e. The molecule has 18 heavy (non-hydrogen) atoms. The molecule has 2 N–H and O–H groups in total. The van der Waals surface area contributed by atoms with E-state index in [4.69, 9.17) is 17.3 Å². The fraction of sp³-hybridized carbons (Fsp3) is 0.333. The minimum atomic E-state index is 0.0108. The third-order valence-corrected chi connectivity index (χ3v) is 4.14. The van der Waals surface area contributed by atoms with Crippen LogP contribution in [0.2, 0.25) is 5.02 Å². The topological polar surface area (TPSA) is 56.7 Å². The van der Waals surface area contributed by atoms with Gasteiger partial charge >= 0.3 is 0 Å². The maximum atomic E-state index is 6.04. The van der Waals surface area contributed by atoms with Crippen molar-refractivity contribution in [3.63, 3.8) is 0 Å². The summed E-state index contributed by atoms with van der Waals surface area (Å²) in [5.74, 6) is 0. The van der Waals surface area contributed by atoms with Crippen molar-refractivity contribution in [3.8, 4) is 0 Å². The van der Waals surface area contributed by atoms with Crippen LogP contribution in [0.1, 0.15) is 17.7 Å². The second-order valence-electron chi connectivity index (χ2n) is 4.16. The molecule has 0 spiro atoms. The number of hydrogen-bond acceptors (Lipinski definition) is 4. The highest BCUT2D eigenvalue weighted by Gasteiger charge is 2.19. The summed E-state index contributed by atoms with van der Waals surface area (Å²) in [4.78, 5) is 4.28. The van der Waals surface area contributed by atoms with Crippen molar-refractivity contribution in [2.24, 2.45) is 12.8 Å². The average Bonchev–Trinajstić information content (AvgIpc) is 2.74. The van der Waals surface area contributed by atoms with Crippen LogP contribution in [0.15, 0.2) is 35.7 Å². The standard InChI is InChI=1S/C12H15ClN4S/c1-8(14)12(9-5-16-17(2)7-9)18-11-4-3-10(13)6-15-11/h3-8,12H,14H2,1-2H3. The molecule has 0 aromatic carbocycles. The van der Waals surface area contributed by atoms with Crippen LogP contribution in [0.25, 0.3) is 0 Å². The molecule has 0 aliphatic carbocycles. The fourth-order valence-corrected chi connectivity index (χ4v) is 2.73. The van der Waals surface area contributed by atoms with Crippen LogP contribution in [-0.4, -0.2) is 20.8 Å². The second kappa shape index (κ2) is 5.73. The molecule has 96 valence electrons. The van der Waals surface area contributed by atoms with Gasteiger partial charge in [0.25, 0.3) is 0 Å². The monoisotopic (exact) mass is 282 g/mol. The summed E-state index contributed by atoms with van der Waals surface area (Å²) >= 11 is 7.45. The van der Waals surface area contributed by atoms with Gasteiger partial charge in [0.2, 0.25) is 0 Å². The number of halogens is 1. The fourth-order valence-electron chi connectivity index (χ4n) is 1.63. The molecular formula is C12H15ClN4S. The van der Waals surface area contributed by atoms with Gasteiger partial charge in [-0.15, -0.1) is 0 Å². The lowest BCUT2D eigenvalue weighted by Crippen LogP contribution is -2.22. The molecule has 2 heterocycles. The molecule has 0 aliphatic heterocycles. The van der Waals surface area contributed by atoms with E-state index in [1.54, 1.807) is 22.6 Å². The quantitative estimate of drug-likeness (QED) is 0.876. The number of aromatic nitrogens is 3. The van der Waals surface area contributed by atoms with E-state index in [1.807, 2.05) is 38.5 Å². The van der Waals surface area contributed by atoms with Gasteiger partial charge in [-0.1, -0.05) is 23.4 Å². The summed E-state index contributed by atoms with van der Waals surface area (Å²) < 4.78 is 1.78. The summed E-state index contributed by atoms with van der Waals surface area (Å²) in [7, 11) is 1.90. The predicted molar refractivity (Wildman–Crippen MR) is 74.7 cm³/mol. The number of pyridine rings is 1. The van der Waals surface area contributed by atoms with E-state index in [9.17, 15) is 0 Å². The highest BCUT2D eigenvalue weighted by Crippen LogP contribution is 2.36. The highest BCUT2D eigenvalue weighted by atomic mass is 35.5. The Morgan fingerprint density at radius 2 is 2.17 bits per heavy atom. The largest absolute Gasteiger partial charge is 0.327 e. The highest BCUT2D eigenvalue weighted by molar-refractivity contribution is 7.99. The molecule has 2 atom stereocenters. The predicted octanol–water partition coefficient (Wildman–Crippen LogP) is 2.65. The zero-order chi connectivity index (χ0) is 13.1. The van der Waals surface area contributed by atoms with Gasteiger partial charge in [-0.05, 0) is 19.1 Å². The van der Waals surface area contributed by atoms with Crippen LogP contribution in [0.4, 0.5) is 0 Å². The number of nitrogens with two attached hydrogens (primary N) is 1. The van der Waals surface area contributed by atoms with E-state index in [1.165, 1.54) is 0 Å². The Morgan fingerprint density at radius 3 is 2.67 bits per heavy atom. The molecule has 0 amide bonds. The first-order chi connectivity index (χ1) is 8.56. The van der Waals surface area contributed by atoms with Crippen molar-refractivity contribution in [2.45, 2.75) is 23.2 Å². The summed E-state index contributed by atoms with van der Waals surface area (Å²) in [6.45, 7) is 1.99. The van der Waals surface area contributed by atoms with Crippen LogP contribution >= 0.6 is 23.4 Å². The zero-order valence-corrected chi connectivity index (χ0v) is 11.8. The third kappa shape index (κ3) is 3.25. The number of hydrogen-bond donors (Lipinski definition) is 1. The molecule has 0 fully saturated rings. The molecule has 0 saturated heterocycles. The van der Waals surface area contributed by atoms with E-state index in [0.717, 1.165) is 10.6 Å². The normalized spacial score (nSPS) is 14.4. The number of thioether (sulfide) groups is 1. The molecule has 6 heteroatoms. The van der Waals surface area contributed by atoms with Crippen LogP contribution < -0.4 is 5.73 Å². The summed E-state index contributed by atoms with van der Waals surface area (Å²) in [5.41, 5.74) is 7.15. The lowest BCUT2D eigenvalue weighted by atomic mass is 10.1. The van der Waals surface area contributed by atoms with E-state index in [0.29, 0.717) is 5.02 Å². The van der Waals surface area contributed by atoms with E-state index < -0.39 is 0 Å². The van der Waals surface area contributed by atoms with Gasteiger partial charge in [-0.3, -0.25) is 4.68 Å². The minimum absolute atomic E-state index is 0.0108. The molecule has 0 saturated carbocycles. The van der Waals surface area contributed by atoms with Crippen molar-refractivity contribution in [1.82, 2.24) is 14.8 Å². The minimum Gasteiger partial charge on any atom is -0.327 e. The van der Waals surface area contributed by atoms with Gasteiger partial charge in [-0.25, -0.2) is 4.98 Å². The Bertz CT molecular complexity index is 509. The zero-order valence-electron chi connectivity index (χ0n) is 10.2. The maximum absolute atomic E-state index is 6.04. The SMILES string of the molecule is CC(N)C(Sc1ccc(Cl)cn1)c1cnn(C)c1. The van der Waals surface area contributed by atoms with Gasteiger partial charge < -0.3 is 5.73 Å². The van der Waals surface area contributed by atoms with Gasteiger partial charge in [-0.2, -0.15) is 5.10 Å². The summed E-state index contributed by atoms with van der Waals surface area (Å²) in [6, 6.07) is 3.74. The molecule has 2 unspecified atom stereocenters. The summed E-state index contributed by atoms with van der Waals surface area (Å²) in [5, 5.41) is 5.86. The van der Waals surface area contributed by atoms with Gasteiger partial charge in [0.15, 0.2) is 0 Å².